The molecule has 3 heterocycles. The first-order valence-corrected chi connectivity index (χ1v) is 8.91. The molecule has 26 heavy (non-hydrogen) atoms. The molecule has 0 spiro atoms. The SMILES string of the molecule is O=C(O)C12COC(C(=O)N3CCc4c(-c5ccccc5)cccc43)(C1)C2. The van der Waals surface area contributed by atoms with Gasteiger partial charge in [0.05, 0.1) is 12.0 Å². The molecule has 5 heteroatoms. The highest BCUT2D eigenvalue weighted by Gasteiger charge is 2.71. The topological polar surface area (TPSA) is 66.8 Å². The zero-order valence-corrected chi connectivity index (χ0v) is 14.3. The van der Waals surface area contributed by atoms with E-state index in [1.54, 1.807) is 4.90 Å². The van der Waals surface area contributed by atoms with Gasteiger partial charge in [-0.25, -0.2) is 0 Å². The Morgan fingerprint density at radius 1 is 1.04 bits per heavy atom. The average Bonchev–Trinajstić information content (AvgIpc) is 3.33. The average molecular weight is 349 g/mol. The highest BCUT2D eigenvalue weighted by atomic mass is 16.5. The highest BCUT2D eigenvalue weighted by molar-refractivity contribution is 6.04. The van der Waals surface area contributed by atoms with Crippen LogP contribution in [0.4, 0.5) is 5.69 Å². The van der Waals surface area contributed by atoms with Gasteiger partial charge in [0.25, 0.3) is 5.91 Å². The molecule has 0 aromatic heterocycles. The number of aliphatic carboxylic acids is 1. The summed E-state index contributed by atoms with van der Waals surface area (Å²) in [7, 11) is 0. The maximum absolute atomic E-state index is 13.2. The Kier molecular flexibility index (Phi) is 3.10. The first kappa shape index (κ1) is 15.6. The first-order valence-electron chi connectivity index (χ1n) is 8.91. The molecule has 0 atom stereocenters. The van der Waals surface area contributed by atoms with Gasteiger partial charge in [0, 0.05) is 25.1 Å². The van der Waals surface area contributed by atoms with Crippen LogP contribution in [-0.2, 0) is 20.7 Å². The number of ether oxygens (including phenoxy) is 1. The number of anilines is 1. The van der Waals surface area contributed by atoms with Crippen LogP contribution in [0.1, 0.15) is 18.4 Å². The van der Waals surface area contributed by atoms with E-state index in [1.807, 2.05) is 30.3 Å². The van der Waals surface area contributed by atoms with Crippen LogP contribution in [0.3, 0.4) is 0 Å². The van der Waals surface area contributed by atoms with Crippen LogP contribution in [0.5, 0.6) is 0 Å². The summed E-state index contributed by atoms with van der Waals surface area (Å²) < 4.78 is 5.71. The molecule has 2 bridgehead atoms. The van der Waals surface area contributed by atoms with Gasteiger partial charge in [-0.15, -0.1) is 0 Å². The number of benzene rings is 2. The molecule has 1 N–H and O–H groups in total. The third kappa shape index (κ3) is 1.95. The normalized spacial score (nSPS) is 28.5. The van der Waals surface area contributed by atoms with E-state index in [1.165, 1.54) is 5.56 Å². The fourth-order valence-corrected chi connectivity index (χ4v) is 4.73. The summed E-state index contributed by atoms with van der Waals surface area (Å²) in [5.74, 6) is -0.942. The van der Waals surface area contributed by atoms with Gasteiger partial charge in [-0.3, -0.25) is 9.59 Å². The number of amides is 1. The Morgan fingerprint density at radius 2 is 1.81 bits per heavy atom. The van der Waals surface area contributed by atoms with Crippen molar-refractivity contribution in [3.63, 3.8) is 0 Å². The van der Waals surface area contributed by atoms with Crippen LogP contribution in [-0.4, -0.2) is 35.7 Å². The fourth-order valence-electron chi connectivity index (χ4n) is 4.73. The number of nitrogens with zero attached hydrogens (tertiary/aromatic N) is 1. The number of hydrogen-bond donors (Lipinski definition) is 1. The van der Waals surface area contributed by atoms with Gasteiger partial charge in [0.1, 0.15) is 5.60 Å². The minimum Gasteiger partial charge on any atom is -0.481 e. The van der Waals surface area contributed by atoms with Gasteiger partial charge < -0.3 is 14.7 Å². The molecule has 132 valence electrons. The van der Waals surface area contributed by atoms with Gasteiger partial charge in [0.2, 0.25) is 0 Å². The van der Waals surface area contributed by atoms with E-state index in [0.717, 1.165) is 23.2 Å². The van der Waals surface area contributed by atoms with Gasteiger partial charge in [-0.05, 0) is 29.2 Å². The Morgan fingerprint density at radius 3 is 2.50 bits per heavy atom. The molecule has 2 saturated heterocycles. The molecule has 4 aliphatic rings. The Bertz CT molecular complexity index is 915. The third-order valence-electron chi connectivity index (χ3n) is 6.07. The van der Waals surface area contributed by atoms with Crippen LogP contribution in [0.2, 0.25) is 0 Å². The summed E-state index contributed by atoms with van der Waals surface area (Å²) >= 11 is 0. The van der Waals surface area contributed by atoms with Crippen LogP contribution >= 0.6 is 0 Å². The van der Waals surface area contributed by atoms with Crippen LogP contribution in [0.15, 0.2) is 48.5 Å². The summed E-state index contributed by atoms with van der Waals surface area (Å²) in [6.07, 6.45) is 1.38. The van der Waals surface area contributed by atoms with Crippen molar-refractivity contribution in [1.29, 1.82) is 0 Å². The number of carboxylic acid groups (broad SMARTS) is 1. The molecular formula is C21H19NO4. The van der Waals surface area contributed by atoms with Crippen molar-refractivity contribution in [2.45, 2.75) is 24.9 Å². The second-order valence-corrected chi connectivity index (χ2v) is 7.60. The maximum Gasteiger partial charge on any atom is 0.312 e. The molecule has 5 nitrogen and oxygen atoms in total. The van der Waals surface area contributed by atoms with Gasteiger partial charge in [-0.1, -0.05) is 42.5 Å². The van der Waals surface area contributed by atoms with E-state index >= 15 is 0 Å². The molecule has 1 saturated carbocycles. The van der Waals surface area contributed by atoms with Crippen molar-refractivity contribution >= 4 is 17.6 Å². The maximum atomic E-state index is 13.2. The van der Waals surface area contributed by atoms with Crippen LogP contribution in [0, 0.1) is 5.41 Å². The van der Waals surface area contributed by atoms with E-state index in [0.29, 0.717) is 19.4 Å². The van der Waals surface area contributed by atoms with Crippen molar-refractivity contribution in [1.82, 2.24) is 0 Å². The lowest BCUT2D eigenvalue weighted by Gasteiger charge is -2.42. The number of carbonyl (C=O) groups excluding carboxylic acids is 1. The summed E-state index contributed by atoms with van der Waals surface area (Å²) in [4.78, 5) is 26.4. The summed E-state index contributed by atoms with van der Waals surface area (Å²) in [6, 6.07) is 16.2. The number of carbonyl (C=O) groups is 2. The molecule has 0 unspecified atom stereocenters. The zero-order chi connectivity index (χ0) is 17.9. The number of fused-ring (bicyclic) bond motifs is 2. The van der Waals surface area contributed by atoms with Crippen molar-refractivity contribution < 1.29 is 19.4 Å². The van der Waals surface area contributed by atoms with E-state index in [4.69, 9.17) is 4.74 Å². The monoisotopic (exact) mass is 349 g/mol. The molecule has 6 rings (SSSR count). The van der Waals surface area contributed by atoms with Gasteiger partial charge in [-0.2, -0.15) is 0 Å². The minimum atomic E-state index is -0.942. The lowest BCUT2D eigenvalue weighted by Crippen LogP contribution is -2.58. The van der Waals surface area contributed by atoms with Crippen molar-refractivity contribution in [2.75, 3.05) is 18.1 Å². The molecule has 3 fully saturated rings. The van der Waals surface area contributed by atoms with Gasteiger partial charge >= 0.3 is 5.97 Å². The summed E-state index contributed by atoms with van der Waals surface area (Å²) in [6.45, 7) is 0.752. The van der Waals surface area contributed by atoms with Crippen molar-refractivity contribution in [2.24, 2.45) is 5.41 Å². The molecule has 1 amide bonds. The number of rotatable bonds is 3. The summed E-state index contributed by atoms with van der Waals surface area (Å²) in [5.41, 5.74) is 2.59. The summed E-state index contributed by atoms with van der Waals surface area (Å²) in [5, 5.41) is 9.39. The zero-order valence-electron chi connectivity index (χ0n) is 14.3. The number of carboxylic acids is 1. The van der Waals surface area contributed by atoms with Crippen LogP contribution < -0.4 is 4.90 Å². The third-order valence-corrected chi connectivity index (χ3v) is 6.07. The minimum absolute atomic E-state index is 0.0872. The molecular weight excluding hydrogens is 330 g/mol. The van der Waals surface area contributed by atoms with Crippen molar-refractivity contribution in [3.8, 4) is 11.1 Å². The van der Waals surface area contributed by atoms with E-state index in [-0.39, 0.29) is 12.5 Å². The molecule has 3 aliphatic heterocycles. The molecule has 1 aliphatic carbocycles. The fraction of sp³-hybridized carbons (Fsp3) is 0.333. The Balaban J connectivity index is 1.47. The Labute approximate surface area is 151 Å². The molecule has 2 aromatic carbocycles. The second kappa shape index (κ2) is 5.17. The smallest absolute Gasteiger partial charge is 0.312 e. The van der Waals surface area contributed by atoms with Crippen LogP contribution in [0.25, 0.3) is 11.1 Å². The number of hydrogen-bond acceptors (Lipinski definition) is 3. The first-order chi connectivity index (χ1) is 12.5. The van der Waals surface area contributed by atoms with E-state index in [2.05, 4.69) is 18.2 Å². The predicted molar refractivity (Wildman–Crippen MR) is 95.9 cm³/mol. The van der Waals surface area contributed by atoms with E-state index in [9.17, 15) is 14.7 Å². The molecule has 2 aromatic rings. The van der Waals surface area contributed by atoms with E-state index < -0.39 is 17.0 Å². The standard InChI is InChI=1S/C21H19NO4/c23-18(21-11-20(12-21,13-26-21)19(24)25)22-10-9-16-15(7-4-8-17(16)22)14-5-2-1-3-6-14/h1-8H,9-13H2,(H,24,25). The predicted octanol–water partition coefficient (Wildman–Crippen LogP) is 2.88. The largest absolute Gasteiger partial charge is 0.481 e. The van der Waals surface area contributed by atoms with Crippen molar-refractivity contribution in [3.05, 3.63) is 54.1 Å². The van der Waals surface area contributed by atoms with Gasteiger partial charge in [0.15, 0.2) is 0 Å². The second-order valence-electron chi connectivity index (χ2n) is 7.60. The lowest BCUT2D eigenvalue weighted by atomic mass is 9.62. The lowest BCUT2D eigenvalue weighted by molar-refractivity contribution is -0.157. The molecule has 0 radical (unpaired) electrons. The highest BCUT2D eigenvalue weighted by Crippen LogP contribution is 2.59. The Hall–Kier alpha value is -2.66. The quantitative estimate of drug-likeness (QED) is 0.925.